The molecule has 0 aromatic rings. The van der Waals surface area contributed by atoms with Crippen LogP contribution in [-0.4, -0.2) is 36.3 Å². The van der Waals surface area contributed by atoms with Crippen LogP contribution in [0.3, 0.4) is 0 Å². The van der Waals surface area contributed by atoms with Crippen molar-refractivity contribution in [2.24, 2.45) is 23.3 Å². The molecule has 5 nitrogen and oxygen atoms in total. The van der Waals surface area contributed by atoms with Crippen molar-refractivity contribution < 1.29 is 9.59 Å². The van der Waals surface area contributed by atoms with Gasteiger partial charge in [0.1, 0.15) is 0 Å². The highest BCUT2D eigenvalue weighted by Gasteiger charge is 2.39. The fourth-order valence-corrected chi connectivity index (χ4v) is 2.76. The van der Waals surface area contributed by atoms with E-state index in [0.29, 0.717) is 13.1 Å². The molecule has 1 rings (SSSR count). The van der Waals surface area contributed by atoms with Crippen molar-refractivity contribution >= 4 is 24.2 Å². The molecule has 6 heteroatoms. The maximum atomic E-state index is 11.3. The molecule has 2 atom stereocenters. The zero-order valence-corrected chi connectivity index (χ0v) is 13.2. The fourth-order valence-electron chi connectivity index (χ4n) is 2.76. The Morgan fingerprint density at radius 2 is 1.40 bits per heavy atom. The molecule has 2 amide bonds. The summed E-state index contributed by atoms with van der Waals surface area (Å²) < 4.78 is 0. The van der Waals surface area contributed by atoms with Gasteiger partial charge in [-0.25, -0.2) is 0 Å². The Hall–Kier alpha value is -0.810. The van der Waals surface area contributed by atoms with Crippen molar-refractivity contribution in [2.75, 3.05) is 19.6 Å². The van der Waals surface area contributed by atoms with Gasteiger partial charge in [0.15, 0.2) is 0 Å². The van der Waals surface area contributed by atoms with Gasteiger partial charge in [-0.3, -0.25) is 9.59 Å². The van der Waals surface area contributed by atoms with Crippen LogP contribution in [0.15, 0.2) is 0 Å². The van der Waals surface area contributed by atoms with Gasteiger partial charge in [0, 0.05) is 13.1 Å². The zero-order valence-electron chi connectivity index (χ0n) is 12.3. The summed E-state index contributed by atoms with van der Waals surface area (Å²) in [6, 6.07) is 0. The molecular weight excluding hydrogens is 278 g/mol. The monoisotopic (exact) mass is 305 g/mol. The van der Waals surface area contributed by atoms with E-state index in [0.717, 1.165) is 13.0 Å². The Labute approximate surface area is 127 Å². The van der Waals surface area contributed by atoms with Crippen molar-refractivity contribution in [1.82, 2.24) is 4.90 Å². The first-order valence-corrected chi connectivity index (χ1v) is 7.37. The van der Waals surface area contributed by atoms with Crippen molar-refractivity contribution in [1.29, 1.82) is 0 Å². The minimum Gasteiger partial charge on any atom is -0.369 e. The molecule has 0 spiro atoms. The number of nitrogens with zero attached hydrogens (tertiary/aromatic N) is 1. The maximum absolute atomic E-state index is 11.3. The van der Waals surface area contributed by atoms with E-state index in [2.05, 4.69) is 11.8 Å². The number of likely N-dealkylation sites (tertiary alicyclic amines) is 1. The molecule has 0 aromatic carbocycles. The summed E-state index contributed by atoms with van der Waals surface area (Å²) in [6.45, 7) is 4.30. The Bertz CT molecular complexity index is 291. The summed E-state index contributed by atoms with van der Waals surface area (Å²) >= 11 is 0. The van der Waals surface area contributed by atoms with Gasteiger partial charge in [-0.2, -0.15) is 0 Å². The number of primary amides is 2. The Morgan fingerprint density at radius 1 is 0.950 bits per heavy atom. The van der Waals surface area contributed by atoms with E-state index in [1.54, 1.807) is 0 Å². The highest BCUT2D eigenvalue weighted by atomic mass is 35.5. The van der Waals surface area contributed by atoms with Crippen LogP contribution in [0.4, 0.5) is 0 Å². The Kier molecular flexibility index (Phi) is 9.59. The molecule has 1 heterocycles. The topological polar surface area (TPSA) is 89.4 Å². The van der Waals surface area contributed by atoms with Crippen LogP contribution in [-0.2, 0) is 9.59 Å². The lowest BCUT2D eigenvalue weighted by Gasteiger charge is -2.14. The van der Waals surface area contributed by atoms with Gasteiger partial charge < -0.3 is 16.4 Å². The lowest BCUT2D eigenvalue weighted by atomic mass is 9.95. The van der Waals surface area contributed by atoms with Gasteiger partial charge >= 0.3 is 0 Å². The maximum Gasteiger partial charge on any atom is 0.222 e. The smallest absolute Gasteiger partial charge is 0.222 e. The zero-order chi connectivity index (χ0) is 14.3. The molecule has 0 radical (unpaired) electrons. The normalized spacial score (nSPS) is 22.4. The molecule has 118 valence electrons. The molecule has 0 aromatic heterocycles. The summed E-state index contributed by atoms with van der Waals surface area (Å²) in [5, 5.41) is 0. The Balaban J connectivity index is 0.00000361. The van der Waals surface area contributed by atoms with Gasteiger partial charge in [-0.05, 0) is 13.0 Å². The molecule has 1 aliphatic heterocycles. The van der Waals surface area contributed by atoms with Crippen molar-refractivity contribution in [3.63, 3.8) is 0 Å². The van der Waals surface area contributed by atoms with Gasteiger partial charge in [-0.15, -0.1) is 12.4 Å². The second kappa shape index (κ2) is 10.00. The highest BCUT2D eigenvalue weighted by molar-refractivity contribution is 5.87. The molecule has 1 saturated heterocycles. The number of carbonyl (C=O) groups excluding carboxylic acids is 2. The molecule has 0 aliphatic carbocycles. The molecule has 20 heavy (non-hydrogen) atoms. The average molecular weight is 306 g/mol. The summed E-state index contributed by atoms with van der Waals surface area (Å²) in [7, 11) is 0. The predicted octanol–water partition coefficient (Wildman–Crippen LogP) is 1.29. The quantitative estimate of drug-likeness (QED) is 0.629. The molecule has 1 aliphatic rings. The predicted molar refractivity (Wildman–Crippen MR) is 82.4 cm³/mol. The number of carbonyl (C=O) groups is 2. The fraction of sp³-hybridized carbons (Fsp3) is 0.857. The van der Waals surface area contributed by atoms with E-state index < -0.39 is 23.7 Å². The van der Waals surface area contributed by atoms with Crippen LogP contribution in [0.25, 0.3) is 0 Å². The molecule has 1 fully saturated rings. The van der Waals surface area contributed by atoms with E-state index in [9.17, 15) is 9.59 Å². The SMILES string of the molecule is CCCCCCCCN1CC(C(N)=O)C(C(N)=O)C1.Cl. The minimum atomic E-state index is -0.408. The van der Waals surface area contributed by atoms with Crippen LogP contribution < -0.4 is 11.5 Å². The summed E-state index contributed by atoms with van der Waals surface area (Å²) in [6.07, 6.45) is 7.44. The third kappa shape index (κ3) is 6.09. The van der Waals surface area contributed by atoms with Gasteiger partial charge in [0.2, 0.25) is 11.8 Å². The number of nitrogens with two attached hydrogens (primary N) is 2. The van der Waals surface area contributed by atoms with Crippen LogP contribution >= 0.6 is 12.4 Å². The van der Waals surface area contributed by atoms with E-state index in [4.69, 9.17) is 11.5 Å². The number of amides is 2. The van der Waals surface area contributed by atoms with Gasteiger partial charge in [-0.1, -0.05) is 39.0 Å². The summed E-state index contributed by atoms with van der Waals surface area (Å²) in [4.78, 5) is 24.7. The van der Waals surface area contributed by atoms with Crippen molar-refractivity contribution in [3.05, 3.63) is 0 Å². The average Bonchev–Trinajstić information content (AvgIpc) is 2.78. The van der Waals surface area contributed by atoms with Gasteiger partial charge in [0.05, 0.1) is 11.8 Å². The third-order valence-electron chi connectivity index (χ3n) is 3.95. The Morgan fingerprint density at radius 3 is 1.85 bits per heavy atom. The van der Waals surface area contributed by atoms with E-state index in [1.165, 1.54) is 32.1 Å². The number of hydrogen-bond donors (Lipinski definition) is 2. The molecule has 0 bridgehead atoms. The van der Waals surface area contributed by atoms with Crippen molar-refractivity contribution in [2.45, 2.75) is 45.4 Å². The second-order valence-corrected chi connectivity index (χ2v) is 5.55. The van der Waals surface area contributed by atoms with Crippen LogP contribution in [0, 0.1) is 11.8 Å². The lowest BCUT2D eigenvalue weighted by Crippen LogP contribution is -2.36. The first kappa shape index (κ1) is 19.2. The summed E-state index contributed by atoms with van der Waals surface area (Å²) in [5.74, 6) is -1.63. The third-order valence-corrected chi connectivity index (χ3v) is 3.95. The molecule has 2 unspecified atom stereocenters. The molecule has 0 saturated carbocycles. The van der Waals surface area contributed by atoms with E-state index >= 15 is 0 Å². The van der Waals surface area contributed by atoms with E-state index in [1.807, 2.05) is 0 Å². The number of hydrogen-bond acceptors (Lipinski definition) is 3. The minimum absolute atomic E-state index is 0. The van der Waals surface area contributed by atoms with E-state index in [-0.39, 0.29) is 12.4 Å². The number of unbranched alkanes of at least 4 members (excludes halogenated alkanes) is 5. The lowest BCUT2D eigenvalue weighted by molar-refractivity contribution is -0.129. The standard InChI is InChI=1S/C14H27N3O2.ClH/c1-2-3-4-5-6-7-8-17-9-11(13(15)18)12(10-17)14(16)19;/h11-12H,2-10H2,1H3,(H2,15,18)(H2,16,19);1H. The second-order valence-electron chi connectivity index (χ2n) is 5.55. The largest absolute Gasteiger partial charge is 0.369 e. The summed E-state index contributed by atoms with van der Waals surface area (Å²) in [5.41, 5.74) is 10.6. The first-order chi connectivity index (χ1) is 9.06. The molecular formula is C14H28ClN3O2. The number of halogens is 1. The molecule has 4 N–H and O–H groups in total. The highest BCUT2D eigenvalue weighted by Crippen LogP contribution is 2.23. The first-order valence-electron chi connectivity index (χ1n) is 7.37. The van der Waals surface area contributed by atoms with Crippen LogP contribution in [0.2, 0.25) is 0 Å². The van der Waals surface area contributed by atoms with Gasteiger partial charge in [0.25, 0.3) is 0 Å². The number of rotatable bonds is 9. The van der Waals surface area contributed by atoms with Crippen LogP contribution in [0.1, 0.15) is 45.4 Å². The van der Waals surface area contributed by atoms with Crippen molar-refractivity contribution in [3.8, 4) is 0 Å². The van der Waals surface area contributed by atoms with Crippen LogP contribution in [0.5, 0.6) is 0 Å².